The Morgan fingerprint density at radius 2 is 0.621 bits per heavy atom. The van der Waals surface area contributed by atoms with Crippen molar-refractivity contribution in [3.63, 3.8) is 0 Å². The monoisotopic (exact) mass is 1800 g/mol. The van der Waals surface area contributed by atoms with Crippen LogP contribution in [0.25, 0.3) is 0 Å². The molecule has 3 aliphatic rings. The van der Waals surface area contributed by atoms with Gasteiger partial charge in [0.25, 0.3) is 34.1 Å². The number of nitrogens with zero attached hydrogens (tertiary/aromatic N) is 6. The summed E-state index contributed by atoms with van der Waals surface area (Å²) in [7, 11) is 0. The fourth-order valence-corrected chi connectivity index (χ4v) is 16.3. The van der Waals surface area contributed by atoms with Crippen molar-refractivity contribution < 1.29 is 105 Å². The van der Waals surface area contributed by atoms with E-state index in [1.807, 2.05) is 257 Å². The maximum atomic E-state index is 13.5. The summed E-state index contributed by atoms with van der Waals surface area (Å²) in [5.74, 6) is 0.368. The van der Waals surface area contributed by atoms with Crippen LogP contribution in [-0.2, 0) is 57.3 Å². The van der Waals surface area contributed by atoms with Gasteiger partial charge in [0.2, 0.25) is 0 Å². The van der Waals surface area contributed by atoms with E-state index in [4.69, 9.17) is 60.3 Å². The molecule has 3 fully saturated rings. The van der Waals surface area contributed by atoms with E-state index in [0.717, 1.165) is 72.6 Å². The molecule has 0 radical (unpaired) electrons. The van der Waals surface area contributed by atoms with Crippen molar-refractivity contribution in [3.05, 3.63) is 398 Å². The Morgan fingerprint density at radius 3 is 0.847 bits per heavy atom. The van der Waals surface area contributed by atoms with Gasteiger partial charge in [-0.05, 0) is 103 Å². The number of nitrogens with one attached hydrogen (secondary N) is 1. The van der Waals surface area contributed by atoms with Gasteiger partial charge < -0.3 is 57.9 Å². The van der Waals surface area contributed by atoms with Crippen molar-refractivity contribution in [3.8, 4) is 23.0 Å². The Bertz CT molecular complexity index is 5710. The molecule has 0 saturated carbocycles. The summed E-state index contributed by atoms with van der Waals surface area (Å²) in [6.07, 6.45) is 0. The Morgan fingerprint density at radius 1 is 0.371 bits per heavy atom. The molecule has 3 N–H and O–H groups in total. The summed E-state index contributed by atoms with van der Waals surface area (Å²) in [4.78, 5) is 107. The fourth-order valence-electron chi connectivity index (χ4n) is 13.0. The second-order valence-corrected chi connectivity index (χ2v) is 33.2. The number of thiocarbonyl (C=S) groups is 3. The number of thioether (sulfide) groups is 3. The van der Waals surface area contributed by atoms with Crippen molar-refractivity contribution in [2.45, 2.75) is 87.2 Å². The second kappa shape index (κ2) is 49.2. The van der Waals surface area contributed by atoms with E-state index < -0.39 is 17.5 Å². The summed E-state index contributed by atoms with van der Waals surface area (Å²) in [5, 5.41) is 12.5. The molecular weight excluding hydrogens is 1710 g/mol. The van der Waals surface area contributed by atoms with Gasteiger partial charge in [-0.15, -0.1) is 0 Å². The Labute approximate surface area is 790 Å². The van der Waals surface area contributed by atoms with E-state index in [-0.39, 0.29) is 164 Å². The van der Waals surface area contributed by atoms with E-state index >= 15 is 0 Å². The molecule has 22 nitrogen and oxygen atoms in total. The topological polar surface area (TPSA) is 271 Å². The minimum atomic E-state index is -1.18. The number of ether oxygens (including phenoxy) is 5. The standard InChI is InChI=1S/2C24H22N2O3S2.C23H23NO4.C21H19NO4.C3H5NS2.K.H2O/c2*1-17-14-20(22(27)25-12-13-31-24(25)30)21(29-16-19-10-6-3-7-11-19)23(28)26(17)15-18-8-4-2-5-9-18;1-3-27-23(26)20-14-17(2)24(15-18-10-6-4-7-11-18)22(25)21(20)28-16-19-12-8-5-9-13-19;1-15-12-18(21(24)25)19(26-14-17-10-6-3-7-11-17)20(23)22(15)13-16-8-4-2-5-9-16;5-3-4-1-2-6-3;;/h2*2-11,14H,12-13,15-16H2,1H3;4-14H,3,15-16H2,1-2H3;2-12H,13-14H2,1H3,(H,24,25);1-2H2,(H,4,5);;1H2/q;;;;;+1;/p-1. The van der Waals surface area contributed by atoms with Crippen LogP contribution in [0.3, 0.4) is 0 Å². The van der Waals surface area contributed by atoms with Crippen LogP contribution in [-0.4, -0.2) is 119 Å². The molecule has 0 unspecified atom stereocenters. The van der Waals surface area contributed by atoms with Crippen LogP contribution in [0.5, 0.6) is 23.0 Å². The number of aromatic carboxylic acids is 1. The van der Waals surface area contributed by atoms with E-state index in [9.17, 15) is 43.5 Å². The first-order valence-corrected chi connectivity index (χ1v) is 43.4. The maximum Gasteiger partial charge on any atom is 1.00 e. The first-order valence-electron chi connectivity index (χ1n) is 39.2. The number of aromatic nitrogens is 4. The number of pyridine rings is 4. The SMILES string of the molecule is CCOC(=O)c1cc(C)n(Cc2ccccc2)c(=O)c1OCc1ccccc1.Cc1cc(C(=O)N2CCSC2=S)c(OCc2ccccc2)c(=O)n1Cc1ccccc1.Cc1cc(C(=O)N2CCSC2=S)c(OCc2ccccc2)c(=O)n1Cc1ccccc1.Cc1cc(C(=O)O)c(OCc2ccccc2)c(=O)n1Cc1ccccc1.S=C1NCCS1.[K+].[OH-]. The largest absolute Gasteiger partial charge is 1.00 e. The first kappa shape index (κ1) is 97.2. The molecule has 12 aromatic rings. The summed E-state index contributed by atoms with van der Waals surface area (Å²) in [6, 6.07) is 83.3. The molecule has 4 aromatic heterocycles. The first-order chi connectivity index (χ1) is 59.1. The number of benzene rings is 8. The summed E-state index contributed by atoms with van der Waals surface area (Å²) in [6.45, 7) is 13.5. The Kier molecular flexibility index (Phi) is 38.5. The number of carbonyl (C=O) groups excluding carboxylic acids is 3. The zero-order valence-corrected chi connectivity index (χ0v) is 77.4. The van der Waals surface area contributed by atoms with Crippen molar-refractivity contribution in [2.24, 2.45) is 0 Å². The number of carbonyl (C=O) groups is 4. The minimum absolute atomic E-state index is 0. The number of esters is 1. The average molecular weight is 1800 g/mol. The molecule has 3 aliphatic heterocycles. The normalized spacial score (nSPS) is 12.3. The predicted molar refractivity (Wildman–Crippen MR) is 497 cm³/mol. The average Bonchev–Trinajstić information content (AvgIpc) is 1.17. The number of carboxylic acid groups (broad SMARTS) is 1. The molecule has 8 aromatic carbocycles. The predicted octanol–water partition coefficient (Wildman–Crippen LogP) is 13.4. The van der Waals surface area contributed by atoms with Gasteiger partial charge in [-0.2, -0.15) is 0 Å². The molecule has 15 rings (SSSR count). The van der Waals surface area contributed by atoms with Gasteiger partial charge in [-0.25, -0.2) is 9.59 Å². The van der Waals surface area contributed by atoms with Gasteiger partial charge in [0.15, 0.2) is 23.0 Å². The second-order valence-electron chi connectivity index (χ2n) is 27.9. The van der Waals surface area contributed by atoms with Crippen LogP contribution in [0.15, 0.2) is 286 Å². The van der Waals surface area contributed by atoms with Crippen LogP contribution in [0.4, 0.5) is 0 Å². The van der Waals surface area contributed by atoms with Crippen LogP contribution in [0.2, 0.25) is 0 Å². The summed E-state index contributed by atoms with van der Waals surface area (Å²) < 4.78 is 37.0. The zero-order valence-electron chi connectivity index (χ0n) is 69.3. The molecule has 0 bridgehead atoms. The quantitative estimate of drug-likeness (QED) is 0.0306. The number of hydrogen-bond donors (Lipinski definition) is 2. The number of rotatable bonds is 25. The third-order valence-corrected chi connectivity index (χ3v) is 23.5. The molecule has 0 aliphatic carbocycles. The van der Waals surface area contributed by atoms with E-state index in [1.54, 1.807) is 74.2 Å². The molecule has 0 spiro atoms. The van der Waals surface area contributed by atoms with Crippen molar-refractivity contribution in [1.29, 1.82) is 0 Å². The number of hydrogen-bond acceptors (Lipinski definition) is 20. The number of carboxylic acids is 1. The zero-order chi connectivity index (χ0) is 86.4. The molecule has 124 heavy (non-hydrogen) atoms. The van der Waals surface area contributed by atoms with Gasteiger partial charge in [0, 0.05) is 59.7 Å². The molecule has 7 heterocycles. The summed E-state index contributed by atoms with van der Waals surface area (Å²) in [5.41, 5.74) is 9.31. The minimum Gasteiger partial charge on any atom is -0.870 e. The number of aryl methyl sites for hydroxylation is 4. The van der Waals surface area contributed by atoms with Gasteiger partial charge in [0.05, 0.1) is 43.9 Å². The molecule has 2 amide bonds. The van der Waals surface area contributed by atoms with Crippen molar-refractivity contribution >= 4 is 109 Å². The van der Waals surface area contributed by atoms with E-state index in [2.05, 4.69) is 5.32 Å². The van der Waals surface area contributed by atoms with E-state index in [1.165, 1.54) is 34.2 Å². The number of amides is 2. The van der Waals surface area contributed by atoms with Crippen molar-refractivity contribution in [1.82, 2.24) is 33.4 Å². The molecule has 3 saturated heterocycles. The molecule has 0 atom stereocenters. The smallest absolute Gasteiger partial charge is 0.870 e. The van der Waals surface area contributed by atoms with Gasteiger partial charge >= 0.3 is 63.3 Å². The van der Waals surface area contributed by atoms with Gasteiger partial charge in [-0.1, -0.05) is 315 Å². The van der Waals surface area contributed by atoms with Crippen LogP contribution in [0.1, 0.15) is 116 Å². The molecular formula is C95H92KN7O15S6. The third-order valence-electron chi connectivity index (χ3n) is 19.3. The Hall–Kier alpha value is -10.6. The maximum absolute atomic E-state index is 13.5. The third kappa shape index (κ3) is 27.2. The van der Waals surface area contributed by atoms with Crippen LogP contribution < -0.4 is 97.9 Å². The van der Waals surface area contributed by atoms with Gasteiger partial charge in [-0.3, -0.25) is 38.6 Å². The van der Waals surface area contributed by atoms with Crippen LogP contribution >= 0.6 is 71.9 Å². The van der Waals surface area contributed by atoms with Crippen LogP contribution in [0, 0.1) is 27.7 Å². The van der Waals surface area contributed by atoms with Crippen molar-refractivity contribution in [2.75, 3.05) is 43.5 Å². The molecule has 634 valence electrons. The fraction of sp³-hybridized carbons (Fsp3) is 0.211. The van der Waals surface area contributed by atoms with Gasteiger partial charge in [0.1, 0.15) is 50.5 Å². The van der Waals surface area contributed by atoms with E-state index in [0.29, 0.717) is 70.7 Å². The molecule has 29 heteroatoms. The Balaban J connectivity index is 0.000000182. The summed E-state index contributed by atoms with van der Waals surface area (Å²) >= 11 is 20.1.